The Hall–Kier alpha value is -1.38. The minimum atomic E-state index is -0.288. The van der Waals surface area contributed by atoms with E-state index in [1.54, 1.807) is 6.92 Å². The van der Waals surface area contributed by atoms with Crippen molar-refractivity contribution in [3.8, 4) is 5.75 Å². The third kappa shape index (κ3) is 1.41. The normalized spacial score (nSPS) is 20.8. The Morgan fingerprint density at radius 2 is 2.31 bits per heavy atom. The molecule has 2 rings (SSSR count). The average molecular weight is 180 g/mol. The van der Waals surface area contributed by atoms with Gasteiger partial charge in [-0.25, -0.2) is 4.39 Å². The Balaban J connectivity index is 2.42. The zero-order chi connectivity index (χ0) is 9.42. The number of hydrogen-bond acceptors (Lipinski definition) is 2. The Bertz CT molecular complexity index is 360. The van der Waals surface area contributed by atoms with Gasteiger partial charge in [-0.2, -0.15) is 0 Å². The molecule has 1 aromatic carbocycles. The average Bonchev–Trinajstić information content (AvgIpc) is 2.08. The molecule has 1 atom stereocenters. The molecular formula is C10H9FO2. The highest BCUT2D eigenvalue weighted by Gasteiger charge is 2.24. The van der Waals surface area contributed by atoms with Gasteiger partial charge >= 0.3 is 5.97 Å². The molecule has 0 saturated heterocycles. The molecule has 0 aromatic heterocycles. The molecule has 1 heterocycles. The molecule has 0 spiro atoms. The van der Waals surface area contributed by atoms with Gasteiger partial charge in [-0.15, -0.1) is 0 Å². The van der Waals surface area contributed by atoms with Gasteiger partial charge in [0.1, 0.15) is 11.6 Å². The van der Waals surface area contributed by atoms with Crippen LogP contribution in [0.15, 0.2) is 18.2 Å². The van der Waals surface area contributed by atoms with Crippen molar-refractivity contribution in [1.29, 1.82) is 0 Å². The summed E-state index contributed by atoms with van der Waals surface area (Å²) in [5, 5.41) is 0. The van der Waals surface area contributed by atoms with Crippen LogP contribution >= 0.6 is 0 Å². The molecule has 3 heteroatoms. The van der Waals surface area contributed by atoms with Crippen LogP contribution in [0, 0.1) is 11.7 Å². The standard InChI is InChI=1S/C10H9FO2/c1-6-4-7-5-8(11)2-3-9(7)13-10(6)12/h2-3,5-6H,4H2,1H3. The Morgan fingerprint density at radius 3 is 3.08 bits per heavy atom. The molecule has 0 amide bonds. The second-order valence-electron chi connectivity index (χ2n) is 3.28. The maximum Gasteiger partial charge on any atom is 0.314 e. The number of hydrogen-bond donors (Lipinski definition) is 0. The summed E-state index contributed by atoms with van der Waals surface area (Å²) < 4.78 is 17.8. The first-order valence-corrected chi connectivity index (χ1v) is 4.17. The van der Waals surface area contributed by atoms with Crippen LogP contribution in [0.3, 0.4) is 0 Å². The summed E-state index contributed by atoms with van der Waals surface area (Å²) >= 11 is 0. The van der Waals surface area contributed by atoms with Crippen molar-refractivity contribution in [3.63, 3.8) is 0 Å². The van der Waals surface area contributed by atoms with E-state index in [-0.39, 0.29) is 17.7 Å². The van der Waals surface area contributed by atoms with Gasteiger partial charge in [-0.05, 0) is 30.2 Å². The van der Waals surface area contributed by atoms with Gasteiger partial charge in [0.25, 0.3) is 0 Å². The van der Waals surface area contributed by atoms with Crippen LogP contribution in [0.4, 0.5) is 4.39 Å². The van der Waals surface area contributed by atoms with Crippen LogP contribution in [0.25, 0.3) is 0 Å². The van der Waals surface area contributed by atoms with Crippen molar-refractivity contribution >= 4 is 5.97 Å². The number of carbonyl (C=O) groups excluding carboxylic acids is 1. The van der Waals surface area contributed by atoms with E-state index in [4.69, 9.17) is 4.74 Å². The van der Waals surface area contributed by atoms with Gasteiger partial charge < -0.3 is 4.74 Å². The number of rotatable bonds is 0. The van der Waals surface area contributed by atoms with Crippen molar-refractivity contribution < 1.29 is 13.9 Å². The molecule has 0 radical (unpaired) electrons. The highest BCUT2D eigenvalue weighted by atomic mass is 19.1. The van der Waals surface area contributed by atoms with E-state index in [2.05, 4.69) is 0 Å². The molecule has 0 saturated carbocycles. The van der Waals surface area contributed by atoms with Crippen LogP contribution < -0.4 is 4.74 Å². The van der Waals surface area contributed by atoms with Crippen LogP contribution in [-0.4, -0.2) is 5.97 Å². The Morgan fingerprint density at radius 1 is 1.54 bits per heavy atom. The third-order valence-corrected chi connectivity index (χ3v) is 2.16. The van der Waals surface area contributed by atoms with E-state index in [9.17, 15) is 9.18 Å². The van der Waals surface area contributed by atoms with Gasteiger partial charge in [0, 0.05) is 0 Å². The van der Waals surface area contributed by atoms with Crippen molar-refractivity contribution in [2.75, 3.05) is 0 Å². The minimum absolute atomic E-state index is 0.172. The molecule has 2 nitrogen and oxygen atoms in total. The number of ether oxygens (including phenoxy) is 1. The topological polar surface area (TPSA) is 26.3 Å². The zero-order valence-corrected chi connectivity index (χ0v) is 7.21. The number of halogens is 1. The summed E-state index contributed by atoms with van der Waals surface area (Å²) in [5.41, 5.74) is 0.770. The highest BCUT2D eigenvalue weighted by molar-refractivity contribution is 5.77. The fourth-order valence-electron chi connectivity index (χ4n) is 1.43. The highest BCUT2D eigenvalue weighted by Crippen LogP contribution is 2.28. The first-order chi connectivity index (χ1) is 6.16. The molecule has 1 unspecified atom stereocenters. The van der Waals surface area contributed by atoms with Crippen molar-refractivity contribution in [2.45, 2.75) is 13.3 Å². The molecule has 0 aliphatic carbocycles. The van der Waals surface area contributed by atoms with Gasteiger partial charge in [0.2, 0.25) is 0 Å². The number of carbonyl (C=O) groups is 1. The molecule has 13 heavy (non-hydrogen) atoms. The molecular weight excluding hydrogens is 171 g/mol. The Kier molecular flexibility index (Phi) is 1.79. The molecule has 1 aliphatic heterocycles. The van der Waals surface area contributed by atoms with E-state index >= 15 is 0 Å². The monoisotopic (exact) mass is 180 g/mol. The van der Waals surface area contributed by atoms with E-state index in [1.165, 1.54) is 18.2 Å². The number of benzene rings is 1. The lowest BCUT2D eigenvalue weighted by Gasteiger charge is -2.19. The number of fused-ring (bicyclic) bond motifs is 1. The molecule has 68 valence electrons. The summed E-state index contributed by atoms with van der Waals surface area (Å²) in [6, 6.07) is 4.20. The zero-order valence-electron chi connectivity index (χ0n) is 7.21. The third-order valence-electron chi connectivity index (χ3n) is 2.16. The van der Waals surface area contributed by atoms with Crippen molar-refractivity contribution in [3.05, 3.63) is 29.6 Å². The lowest BCUT2D eigenvalue weighted by atomic mass is 9.98. The molecule has 0 bridgehead atoms. The molecule has 1 aliphatic rings. The lowest BCUT2D eigenvalue weighted by Crippen LogP contribution is -2.25. The lowest BCUT2D eigenvalue weighted by molar-refractivity contribution is -0.139. The minimum Gasteiger partial charge on any atom is -0.426 e. The molecule has 0 fully saturated rings. The Labute approximate surface area is 75.3 Å². The summed E-state index contributed by atoms with van der Waals surface area (Å²) in [4.78, 5) is 11.1. The fraction of sp³-hybridized carbons (Fsp3) is 0.300. The summed E-state index contributed by atoms with van der Waals surface area (Å²) in [6.07, 6.45) is 0.561. The first kappa shape index (κ1) is 8.23. The van der Waals surface area contributed by atoms with Gasteiger partial charge in [0.05, 0.1) is 5.92 Å². The second-order valence-corrected chi connectivity index (χ2v) is 3.28. The number of esters is 1. The predicted molar refractivity (Wildman–Crippen MR) is 44.9 cm³/mol. The quantitative estimate of drug-likeness (QED) is 0.450. The molecule has 0 N–H and O–H groups in total. The van der Waals surface area contributed by atoms with Crippen molar-refractivity contribution in [1.82, 2.24) is 0 Å². The maximum absolute atomic E-state index is 12.8. The largest absolute Gasteiger partial charge is 0.426 e. The second kappa shape index (κ2) is 2.83. The van der Waals surface area contributed by atoms with Crippen LogP contribution in [-0.2, 0) is 11.2 Å². The van der Waals surface area contributed by atoms with Gasteiger partial charge in [0.15, 0.2) is 0 Å². The first-order valence-electron chi connectivity index (χ1n) is 4.17. The van der Waals surface area contributed by atoms with E-state index in [1.807, 2.05) is 0 Å². The van der Waals surface area contributed by atoms with E-state index in [0.29, 0.717) is 12.2 Å². The SMILES string of the molecule is CC1Cc2cc(F)ccc2OC1=O. The summed E-state index contributed by atoms with van der Waals surface area (Å²) in [5.74, 6) is -0.207. The van der Waals surface area contributed by atoms with E-state index in [0.717, 1.165) is 5.56 Å². The maximum atomic E-state index is 12.8. The van der Waals surface area contributed by atoms with Crippen molar-refractivity contribution in [2.24, 2.45) is 5.92 Å². The van der Waals surface area contributed by atoms with Gasteiger partial charge in [-0.1, -0.05) is 6.92 Å². The van der Waals surface area contributed by atoms with Crippen LogP contribution in [0.5, 0.6) is 5.75 Å². The summed E-state index contributed by atoms with van der Waals surface area (Å²) in [7, 11) is 0. The van der Waals surface area contributed by atoms with Gasteiger partial charge in [-0.3, -0.25) is 4.79 Å². The fourth-order valence-corrected chi connectivity index (χ4v) is 1.43. The van der Waals surface area contributed by atoms with Crippen LogP contribution in [0.2, 0.25) is 0 Å². The molecule has 1 aromatic rings. The predicted octanol–water partition coefficient (Wildman–Crippen LogP) is 1.92. The smallest absolute Gasteiger partial charge is 0.314 e. The van der Waals surface area contributed by atoms with E-state index < -0.39 is 0 Å². The van der Waals surface area contributed by atoms with Crippen LogP contribution in [0.1, 0.15) is 12.5 Å². The summed E-state index contributed by atoms with van der Waals surface area (Å²) in [6.45, 7) is 1.77.